The maximum atomic E-state index is 12.2. The third kappa shape index (κ3) is 2.21. The predicted molar refractivity (Wildman–Crippen MR) is 62.7 cm³/mol. The van der Waals surface area contributed by atoms with Crippen molar-refractivity contribution in [3.05, 3.63) is 17.5 Å². The van der Waals surface area contributed by atoms with Crippen LogP contribution < -0.4 is 0 Å². The zero-order valence-electron chi connectivity index (χ0n) is 9.61. The Morgan fingerprint density at radius 2 is 2.12 bits per heavy atom. The van der Waals surface area contributed by atoms with E-state index < -0.39 is 0 Å². The average Bonchev–Trinajstić information content (AvgIpc) is 2.58. The molecule has 1 aliphatic heterocycles. The molecule has 0 saturated carbocycles. The van der Waals surface area contributed by atoms with Gasteiger partial charge in [0.2, 0.25) is 0 Å². The van der Waals surface area contributed by atoms with Gasteiger partial charge in [0.05, 0.1) is 11.3 Å². The molecule has 0 aromatic carbocycles. The highest BCUT2D eigenvalue weighted by molar-refractivity contribution is 6.20. The highest BCUT2D eigenvalue weighted by Crippen LogP contribution is 2.18. The first kappa shape index (κ1) is 11.5. The van der Waals surface area contributed by atoms with E-state index in [0.717, 1.165) is 31.6 Å². The molecular weight excluding hydrogens is 226 g/mol. The largest absolute Gasteiger partial charge is 0.338 e. The molecule has 0 bridgehead atoms. The first-order chi connectivity index (χ1) is 7.58. The fraction of sp³-hybridized carbons (Fsp3) is 0.636. The summed E-state index contributed by atoms with van der Waals surface area (Å²) in [4.78, 5) is 14.0. The molecule has 0 unspecified atom stereocenters. The van der Waals surface area contributed by atoms with Crippen molar-refractivity contribution < 1.29 is 4.79 Å². The molecule has 1 aliphatic rings. The summed E-state index contributed by atoms with van der Waals surface area (Å²) in [6, 6.07) is 0. The molecule has 1 fully saturated rings. The predicted octanol–water partition coefficient (Wildman–Crippen LogP) is 1.57. The molecular formula is C11H16ClN3O. The van der Waals surface area contributed by atoms with E-state index in [1.807, 2.05) is 18.9 Å². The third-order valence-electron chi connectivity index (χ3n) is 2.96. The number of nitrogens with zero attached hydrogens (tertiary/aromatic N) is 3. The summed E-state index contributed by atoms with van der Waals surface area (Å²) in [7, 11) is 1.83. The van der Waals surface area contributed by atoms with Crippen molar-refractivity contribution in [3.8, 4) is 0 Å². The van der Waals surface area contributed by atoms with E-state index in [1.165, 1.54) is 0 Å². The summed E-state index contributed by atoms with van der Waals surface area (Å²) in [5.74, 6) is 0.0779. The van der Waals surface area contributed by atoms with Gasteiger partial charge in [-0.25, -0.2) is 0 Å². The van der Waals surface area contributed by atoms with E-state index >= 15 is 0 Å². The number of aryl methyl sites for hydroxylation is 2. The van der Waals surface area contributed by atoms with E-state index in [9.17, 15) is 4.79 Å². The number of carbonyl (C=O) groups excluding carboxylic acids is 1. The monoisotopic (exact) mass is 241 g/mol. The number of hydrogen-bond acceptors (Lipinski definition) is 2. The van der Waals surface area contributed by atoms with Crippen LogP contribution in [-0.4, -0.2) is 39.1 Å². The van der Waals surface area contributed by atoms with E-state index in [1.54, 1.807) is 10.9 Å². The van der Waals surface area contributed by atoms with Crippen LogP contribution in [-0.2, 0) is 7.05 Å². The fourth-order valence-corrected chi connectivity index (χ4v) is 2.23. The van der Waals surface area contributed by atoms with Gasteiger partial charge in [0.1, 0.15) is 0 Å². The molecule has 1 saturated heterocycles. The van der Waals surface area contributed by atoms with Gasteiger partial charge in [-0.3, -0.25) is 9.48 Å². The standard InChI is InChI=1S/C11H16ClN3O/c1-8-10(7-14(2)13-8)11(16)15-5-3-9(12)4-6-15/h7,9H,3-6H2,1-2H3. The minimum absolute atomic E-state index is 0.0779. The van der Waals surface area contributed by atoms with Gasteiger partial charge < -0.3 is 4.90 Å². The summed E-state index contributed by atoms with van der Waals surface area (Å²) in [5.41, 5.74) is 1.50. The second-order valence-corrected chi connectivity index (χ2v) is 4.89. The van der Waals surface area contributed by atoms with Gasteiger partial charge in [0.15, 0.2) is 0 Å². The van der Waals surface area contributed by atoms with Crippen LogP contribution in [0.5, 0.6) is 0 Å². The van der Waals surface area contributed by atoms with Crippen LogP contribution in [0.4, 0.5) is 0 Å². The number of piperidine rings is 1. The number of rotatable bonds is 1. The number of halogens is 1. The molecule has 2 rings (SSSR count). The molecule has 0 spiro atoms. The molecule has 0 N–H and O–H groups in total. The Kier molecular flexibility index (Phi) is 3.19. The smallest absolute Gasteiger partial charge is 0.257 e. The Hall–Kier alpha value is -1.03. The van der Waals surface area contributed by atoms with E-state index in [2.05, 4.69) is 5.10 Å². The van der Waals surface area contributed by atoms with Gasteiger partial charge in [0, 0.05) is 31.7 Å². The Labute approximate surface area is 100 Å². The Bertz CT molecular complexity index is 394. The lowest BCUT2D eigenvalue weighted by Gasteiger charge is -2.29. The topological polar surface area (TPSA) is 38.1 Å². The zero-order chi connectivity index (χ0) is 11.7. The summed E-state index contributed by atoms with van der Waals surface area (Å²) >= 11 is 6.01. The van der Waals surface area contributed by atoms with Crippen LogP contribution in [0.15, 0.2) is 6.20 Å². The van der Waals surface area contributed by atoms with Crippen molar-refractivity contribution in [1.29, 1.82) is 0 Å². The molecule has 0 radical (unpaired) electrons. The quantitative estimate of drug-likeness (QED) is 0.700. The Morgan fingerprint density at radius 3 is 2.62 bits per heavy atom. The summed E-state index contributed by atoms with van der Waals surface area (Å²) in [6.45, 7) is 3.37. The number of hydrogen-bond donors (Lipinski definition) is 0. The molecule has 88 valence electrons. The van der Waals surface area contributed by atoms with Gasteiger partial charge in [0.25, 0.3) is 5.91 Å². The molecule has 2 heterocycles. The van der Waals surface area contributed by atoms with E-state index in [-0.39, 0.29) is 11.3 Å². The first-order valence-corrected chi connectivity index (χ1v) is 5.95. The highest BCUT2D eigenvalue weighted by atomic mass is 35.5. The van der Waals surface area contributed by atoms with Crippen LogP contribution in [0.1, 0.15) is 28.9 Å². The number of aromatic nitrogens is 2. The van der Waals surface area contributed by atoms with E-state index in [0.29, 0.717) is 5.56 Å². The van der Waals surface area contributed by atoms with Crippen molar-refractivity contribution in [3.63, 3.8) is 0 Å². The summed E-state index contributed by atoms with van der Waals surface area (Å²) in [5, 5.41) is 4.41. The minimum Gasteiger partial charge on any atom is -0.338 e. The van der Waals surface area contributed by atoms with E-state index in [4.69, 9.17) is 11.6 Å². The van der Waals surface area contributed by atoms with Crippen molar-refractivity contribution in [2.75, 3.05) is 13.1 Å². The van der Waals surface area contributed by atoms with Crippen LogP contribution in [0.2, 0.25) is 0 Å². The van der Waals surface area contributed by atoms with Crippen molar-refractivity contribution in [1.82, 2.24) is 14.7 Å². The fourth-order valence-electron chi connectivity index (χ4n) is 2.03. The van der Waals surface area contributed by atoms with Crippen molar-refractivity contribution in [2.45, 2.75) is 25.1 Å². The van der Waals surface area contributed by atoms with Gasteiger partial charge >= 0.3 is 0 Å². The summed E-state index contributed by atoms with van der Waals surface area (Å²) < 4.78 is 1.68. The lowest BCUT2D eigenvalue weighted by molar-refractivity contribution is 0.0725. The first-order valence-electron chi connectivity index (χ1n) is 5.51. The van der Waals surface area contributed by atoms with Crippen molar-refractivity contribution >= 4 is 17.5 Å². The minimum atomic E-state index is 0.0779. The van der Waals surface area contributed by atoms with Crippen LogP contribution >= 0.6 is 11.6 Å². The van der Waals surface area contributed by atoms with Crippen LogP contribution in [0, 0.1) is 6.92 Å². The number of likely N-dealkylation sites (tertiary alicyclic amines) is 1. The molecule has 0 atom stereocenters. The third-order valence-corrected chi connectivity index (χ3v) is 3.39. The molecule has 1 aromatic heterocycles. The highest BCUT2D eigenvalue weighted by Gasteiger charge is 2.24. The average molecular weight is 242 g/mol. The number of amides is 1. The second-order valence-electron chi connectivity index (χ2n) is 4.27. The molecule has 1 aromatic rings. The summed E-state index contributed by atoms with van der Waals surface area (Å²) in [6.07, 6.45) is 3.55. The van der Waals surface area contributed by atoms with Crippen LogP contribution in [0.3, 0.4) is 0 Å². The van der Waals surface area contributed by atoms with Gasteiger partial charge in [-0.1, -0.05) is 0 Å². The lowest BCUT2D eigenvalue weighted by atomic mass is 10.1. The maximum Gasteiger partial charge on any atom is 0.257 e. The lowest BCUT2D eigenvalue weighted by Crippen LogP contribution is -2.38. The molecule has 16 heavy (non-hydrogen) atoms. The number of carbonyl (C=O) groups is 1. The molecule has 4 nitrogen and oxygen atoms in total. The zero-order valence-corrected chi connectivity index (χ0v) is 10.4. The number of alkyl halides is 1. The molecule has 5 heteroatoms. The SMILES string of the molecule is Cc1nn(C)cc1C(=O)N1CCC(Cl)CC1. The normalized spacial score (nSPS) is 17.8. The molecule has 1 amide bonds. The van der Waals surface area contributed by atoms with Gasteiger partial charge in [-0.05, 0) is 19.8 Å². The Balaban J connectivity index is 2.10. The van der Waals surface area contributed by atoms with Crippen molar-refractivity contribution in [2.24, 2.45) is 7.05 Å². The van der Waals surface area contributed by atoms with Gasteiger partial charge in [-0.15, -0.1) is 11.6 Å². The second kappa shape index (κ2) is 4.45. The van der Waals surface area contributed by atoms with Gasteiger partial charge in [-0.2, -0.15) is 5.10 Å². The molecule has 0 aliphatic carbocycles. The maximum absolute atomic E-state index is 12.2. The van der Waals surface area contributed by atoms with Crippen LogP contribution in [0.25, 0.3) is 0 Å². The Morgan fingerprint density at radius 1 is 1.50 bits per heavy atom.